The number of carbonyl (C=O) groups excluding carboxylic acids is 1. The third-order valence-electron chi connectivity index (χ3n) is 4.13. The van der Waals surface area contributed by atoms with Crippen LogP contribution in [0.5, 0.6) is 11.5 Å². The van der Waals surface area contributed by atoms with Crippen molar-refractivity contribution >= 4 is 17.6 Å². The van der Waals surface area contributed by atoms with Gasteiger partial charge in [-0.1, -0.05) is 18.2 Å². The van der Waals surface area contributed by atoms with Gasteiger partial charge < -0.3 is 19.9 Å². The largest absolute Gasteiger partial charge is 0.493 e. The summed E-state index contributed by atoms with van der Waals surface area (Å²) in [7, 11) is 3.14. The number of hydrogen-bond acceptors (Lipinski definition) is 4. The number of aryl methyl sites for hydroxylation is 1. The molecule has 0 fully saturated rings. The number of nitrogens with one attached hydrogen (secondary N) is 1. The summed E-state index contributed by atoms with van der Waals surface area (Å²) in [4.78, 5) is 23.3. The molecular weight excluding hydrogens is 334 g/mol. The van der Waals surface area contributed by atoms with Gasteiger partial charge in [-0.3, -0.25) is 9.59 Å². The molecule has 0 radical (unpaired) electrons. The Kier molecular flexibility index (Phi) is 6.60. The number of aliphatic carboxylic acids is 1. The summed E-state index contributed by atoms with van der Waals surface area (Å²) in [6.07, 6.45) is 0.853. The average molecular weight is 357 g/mol. The van der Waals surface area contributed by atoms with Crippen LogP contribution in [-0.4, -0.2) is 31.2 Å². The summed E-state index contributed by atoms with van der Waals surface area (Å²) in [5, 5.41) is 11.9. The van der Waals surface area contributed by atoms with Gasteiger partial charge in [0.05, 0.1) is 20.1 Å². The summed E-state index contributed by atoms with van der Waals surface area (Å²) >= 11 is 0. The highest BCUT2D eigenvalue weighted by molar-refractivity contribution is 5.91. The van der Waals surface area contributed by atoms with Gasteiger partial charge in [-0.25, -0.2) is 0 Å². The number of carboxylic acids is 1. The first-order valence-corrected chi connectivity index (χ1v) is 8.28. The quantitative estimate of drug-likeness (QED) is 0.756. The van der Waals surface area contributed by atoms with E-state index in [1.165, 1.54) is 0 Å². The Bertz CT molecular complexity index is 788. The van der Waals surface area contributed by atoms with Crippen LogP contribution in [0.2, 0.25) is 0 Å². The molecule has 0 heterocycles. The molecule has 6 heteroatoms. The molecule has 1 amide bonds. The third kappa shape index (κ3) is 4.99. The molecule has 6 nitrogen and oxygen atoms in total. The zero-order valence-corrected chi connectivity index (χ0v) is 15.1. The first-order valence-electron chi connectivity index (χ1n) is 8.28. The molecule has 0 saturated carbocycles. The van der Waals surface area contributed by atoms with Crippen molar-refractivity contribution in [1.82, 2.24) is 0 Å². The van der Waals surface area contributed by atoms with E-state index in [0.29, 0.717) is 35.6 Å². The van der Waals surface area contributed by atoms with Gasteiger partial charge >= 0.3 is 5.97 Å². The molecule has 2 N–H and O–H groups in total. The monoisotopic (exact) mass is 357 g/mol. The fourth-order valence-corrected chi connectivity index (χ4v) is 2.55. The van der Waals surface area contributed by atoms with Crippen molar-refractivity contribution in [3.63, 3.8) is 0 Å². The fourth-order valence-electron chi connectivity index (χ4n) is 2.55. The lowest BCUT2D eigenvalue weighted by Gasteiger charge is -2.11. The Balaban J connectivity index is 1.97. The molecule has 26 heavy (non-hydrogen) atoms. The van der Waals surface area contributed by atoms with Crippen molar-refractivity contribution in [2.24, 2.45) is 0 Å². The second-order valence-corrected chi connectivity index (χ2v) is 5.92. The maximum absolute atomic E-state index is 12.2. The minimum atomic E-state index is -0.901. The Morgan fingerprint density at radius 1 is 1.08 bits per heavy atom. The molecule has 1 unspecified atom stereocenters. The molecule has 138 valence electrons. The molecule has 2 aromatic carbocycles. The minimum Gasteiger partial charge on any atom is -0.493 e. The van der Waals surface area contributed by atoms with Crippen LogP contribution >= 0.6 is 0 Å². The normalized spacial score (nSPS) is 11.5. The number of anilines is 1. The van der Waals surface area contributed by atoms with Crippen LogP contribution in [0.25, 0.3) is 0 Å². The molecule has 1 atom stereocenters. The maximum Gasteiger partial charge on any atom is 0.310 e. The molecule has 0 saturated heterocycles. The van der Waals surface area contributed by atoms with Crippen LogP contribution < -0.4 is 14.8 Å². The first kappa shape index (κ1) is 19.3. The Labute approximate surface area is 152 Å². The molecule has 0 aliphatic rings. The van der Waals surface area contributed by atoms with E-state index in [1.807, 2.05) is 18.2 Å². The lowest BCUT2D eigenvalue weighted by Crippen LogP contribution is -2.13. The minimum absolute atomic E-state index is 0.139. The summed E-state index contributed by atoms with van der Waals surface area (Å²) < 4.78 is 10.5. The molecule has 0 aliphatic carbocycles. The number of ether oxygens (including phenoxy) is 2. The van der Waals surface area contributed by atoms with E-state index in [9.17, 15) is 9.59 Å². The van der Waals surface area contributed by atoms with Crippen molar-refractivity contribution in [1.29, 1.82) is 0 Å². The van der Waals surface area contributed by atoms with Gasteiger partial charge in [0.15, 0.2) is 11.5 Å². The van der Waals surface area contributed by atoms with Crippen molar-refractivity contribution in [2.75, 3.05) is 19.5 Å². The van der Waals surface area contributed by atoms with Crippen LogP contribution in [0.1, 0.15) is 30.4 Å². The predicted octanol–water partition coefficient (Wildman–Crippen LogP) is 3.46. The zero-order valence-electron chi connectivity index (χ0n) is 15.1. The number of hydrogen-bond donors (Lipinski definition) is 2. The zero-order chi connectivity index (χ0) is 19.1. The van der Waals surface area contributed by atoms with Gasteiger partial charge in [0.1, 0.15) is 0 Å². The lowest BCUT2D eigenvalue weighted by molar-refractivity contribution is -0.138. The second-order valence-electron chi connectivity index (χ2n) is 5.92. The molecule has 2 aromatic rings. The maximum atomic E-state index is 12.2. The van der Waals surface area contributed by atoms with E-state index in [2.05, 4.69) is 5.32 Å². The average Bonchev–Trinajstić information content (AvgIpc) is 2.65. The van der Waals surface area contributed by atoms with E-state index in [4.69, 9.17) is 14.6 Å². The van der Waals surface area contributed by atoms with Gasteiger partial charge in [0.25, 0.3) is 0 Å². The molecule has 0 bridgehead atoms. The van der Waals surface area contributed by atoms with E-state index in [1.54, 1.807) is 45.4 Å². The van der Waals surface area contributed by atoms with Crippen molar-refractivity contribution in [3.8, 4) is 11.5 Å². The highest BCUT2D eigenvalue weighted by atomic mass is 16.5. The van der Waals surface area contributed by atoms with E-state index in [-0.39, 0.29) is 5.91 Å². The van der Waals surface area contributed by atoms with E-state index < -0.39 is 11.9 Å². The topological polar surface area (TPSA) is 84.9 Å². The van der Waals surface area contributed by atoms with Gasteiger partial charge in [-0.05, 0) is 48.7 Å². The van der Waals surface area contributed by atoms with E-state index >= 15 is 0 Å². The van der Waals surface area contributed by atoms with Crippen LogP contribution in [0.3, 0.4) is 0 Å². The summed E-state index contributed by atoms with van der Waals surface area (Å²) in [5.41, 5.74) is 2.20. The first-order chi connectivity index (χ1) is 12.4. The Morgan fingerprint density at radius 3 is 2.46 bits per heavy atom. The number of rotatable bonds is 8. The molecule has 0 spiro atoms. The van der Waals surface area contributed by atoms with Crippen LogP contribution in [0.15, 0.2) is 42.5 Å². The van der Waals surface area contributed by atoms with E-state index in [0.717, 1.165) is 5.56 Å². The van der Waals surface area contributed by atoms with Gasteiger partial charge in [0, 0.05) is 12.1 Å². The summed E-state index contributed by atoms with van der Waals surface area (Å²) in [5.74, 6) is -0.397. The predicted molar refractivity (Wildman–Crippen MR) is 99.0 cm³/mol. The van der Waals surface area contributed by atoms with Crippen molar-refractivity contribution < 1.29 is 24.2 Å². The molecular formula is C20H23NO5. The van der Waals surface area contributed by atoms with Crippen LogP contribution in [0.4, 0.5) is 5.69 Å². The van der Waals surface area contributed by atoms with Gasteiger partial charge in [0.2, 0.25) is 5.91 Å². The molecule has 2 rings (SSSR count). The fraction of sp³-hybridized carbons (Fsp3) is 0.300. The number of carbonyl (C=O) groups is 2. The number of methoxy groups -OCH3 is 2. The summed E-state index contributed by atoms with van der Waals surface area (Å²) in [6, 6.07) is 12.4. The van der Waals surface area contributed by atoms with Crippen molar-refractivity contribution in [3.05, 3.63) is 53.6 Å². The molecule has 0 aromatic heterocycles. The highest BCUT2D eigenvalue weighted by Crippen LogP contribution is 2.28. The van der Waals surface area contributed by atoms with Gasteiger partial charge in [-0.15, -0.1) is 0 Å². The summed E-state index contributed by atoms with van der Waals surface area (Å²) in [6.45, 7) is 1.61. The number of carboxylic acid groups (broad SMARTS) is 1. The lowest BCUT2D eigenvalue weighted by atomic mass is 10.0. The van der Waals surface area contributed by atoms with Crippen LogP contribution in [-0.2, 0) is 16.0 Å². The standard InChI is InChI=1S/C20H23NO5/c1-13(20(23)24)15-5-4-6-16(12-15)21-19(22)10-8-14-7-9-17(25-2)18(11-14)26-3/h4-7,9,11-13H,8,10H2,1-3H3,(H,21,22)(H,23,24). The third-order valence-corrected chi connectivity index (χ3v) is 4.13. The highest BCUT2D eigenvalue weighted by Gasteiger charge is 2.14. The van der Waals surface area contributed by atoms with Crippen LogP contribution in [0, 0.1) is 0 Å². The Morgan fingerprint density at radius 2 is 1.81 bits per heavy atom. The smallest absolute Gasteiger partial charge is 0.310 e. The molecule has 0 aliphatic heterocycles. The number of amides is 1. The van der Waals surface area contributed by atoms with Gasteiger partial charge in [-0.2, -0.15) is 0 Å². The SMILES string of the molecule is COc1ccc(CCC(=O)Nc2cccc(C(C)C(=O)O)c2)cc1OC. The number of benzene rings is 2. The Hall–Kier alpha value is -3.02. The van der Waals surface area contributed by atoms with Crippen molar-refractivity contribution in [2.45, 2.75) is 25.7 Å². The second kappa shape index (κ2) is 8.89.